The van der Waals surface area contributed by atoms with Gasteiger partial charge in [-0.15, -0.1) is 0 Å². The lowest BCUT2D eigenvalue weighted by molar-refractivity contribution is 0.329. The van der Waals surface area contributed by atoms with Crippen LogP contribution in [0.1, 0.15) is 38.3 Å². The SMILES string of the molecule is CN=C(NCCc1ccccn1)NC1CCC(C)CC1. The van der Waals surface area contributed by atoms with E-state index in [1.807, 2.05) is 25.4 Å². The molecule has 2 rings (SSSR count). The molecule has 0 atom stereocenters. The Morgan fingerprint density at radius 1 is 1.30 bits per heavy atom. The predicted molar refractivity (Wildman–Crippen MR) is 83.9 cm³/mol. The maximum Gasteiger partial charge on any atom is 0.191 e. The van der Waals surface area contributed by atoms with Crippen LogP contribution >= 0.6 is 0 Å². The number of rotatable bonds is 4. The summed E-state index contributed by atoms with van der Waals surface area (Å²) < 4.78 is 0. The van der Waals surface area contributed by atoms with Gasteiger partial charge in [0.15, 0.2) is 5.96 Å². The summed E-state index contributed by atoms with van der Waals surface area (Å²) >= 11 is 0. The standard InChI is InChI=1S/C16H26N4/c1-13-6-8-15(9-7-13)20-16(17-2)19-12-10-14-5-3-4-11-18-14/h3-5,11,13,15H,6-10,12H2,1-2H3,(H2,17,19,20). The minimum Gasteiger partial charge on any atom is -0.356 e. The highest BCUT2D eigenvalue weighted by Crippen LogP contribution is 2.23. The smallest absolute Gasteiger partial charge is 0.191 e. The van der Waals surface area contributed by atoms with Crippen LogP contribution in [0, 0.1) is 5.92 Å². The first-order valence-electron chi connectivity index (χ1n) is 7.65. The van der Waals surface area contributed by atoms with Crippen molar-refractivity contribution in [3.8, 4) is 0 Å². The summed E-state index contributed by atoms with van der Waals surface area (Å²) in [6, 6.07) is 6.60. The molecule has 0 saturated heterocycles. The number of aromatic nitrogens is 1. The molecule has 1 saturated carbocycles. The molecule has 0 aromatic carbocycles. The molecule has 1 aliphatic carbocycles. The average Bonchev–Trinajstić information content (AvgIpc) is 2.49. The Morgan fingerprint density at radius 3 is 2.75 bits per heavy atom. The van der Waals surface area contributed by atoms with Crippen LogP contribution in [-0.2, 0) is 6.42 Å². The summed E-state index contributed by atoms with van der Waals surface area (Å²) in [6.07, 6.45) is 7.91. The Balaban J connectivity index is 1.70. The van der Waals surface area contributed by atoms with Crippen molar-refractivity contribution < 1.29 is 0 Å². The maximum atomic E-state index is 4.33. The second kappa shape index (κ2) is 7.88. The Morgan fingerprint density at radius 2 is 2.10 bits per heavy atom. The number of guanidine groups is 1. The molecule has 20 heavy (non-hydrogen) atoms. The van der Waals surface area contributed by atoms with Crippen LogP contribution < -0.4 is 10.6 Å². The second-order valence-electron chi connectivity index (χ2n) is 5.67. The number of aliphatic imine (C=N–C) groups is 1. The van der Waals surface area contributed by atoms with E-state index in [4.69, 9.17) is 0 Å². The van der Waals surface area contributed by atoms with Gasteiger partial charge in [-0.3, -0.25) is 9.98 Å². The molecular weight excluding hydrogens is 248 g/mol. The lowest BCUT2D eigenvalue weighted by atomic mass is 9.87. The van der Waals surface area contributed by atoms with Gasteiger partial charge >= 0.3 is 0 Å². The molecule has 110 valence electrons. The van der Waals surface area contributed by atoms with Crippen molar-refractivity contribution in [3.05, 3.63) is 30.1 Å². The van der Waals surface area contributed by atoms with Crippen molar-refractivity contribution in [1.29, 1.82) is 0 Å². The average molecular weight is 274 g/mol. The zero-order chi connectivity index (χ0) is 14.2. The molecule has 0 unspecified atom stereocenters. The van der Waals surface area contributed by atoms with Crippen molar-refractivity contribution in [2.75, 3.05) is 13.6 Å². The van der Waals surface area contributed by atoms with E-state index < -0.39 is 0 Å². The van der Waals surface area contributed by atoms with Crippen molar-refractivity contribution in [1.82, 2.24) is 15.6 Å². The number of pyridine rings is 1. The van der Waals surface area contributed by atoms with Gasteiger partial charge in [-0.25, -0.2) is 0 Å². The minimum absolute atomic E-state index is 0.576. The normalized spacial score (nSPS) is 23.4. The molecule has 1 aromatic rings. The number of nitrogens with zero attached hydrogens (tertiary/aromatic N) is 2. The third kappa shape index (κ3) is 4.83. The fourth-order valence-electron chi connectivity index (χ4n) is 2.65. The highest BCUT2D eigenvalue weighted by Gasteiger charge is 2.18. The van der Waals surface area contributed by atoms with Crippen LogP contribution in [0.2, 0.25) is 0 Å². The number of nitrogens with one attached hydrogen (secondary N) is 2. The molecule has 1 aliphatic rings. The molecule has 1 heterocycles. The van der Waals surface area contributed by atoms with Crippen molar-refractivity contribution in [3.63, 3.8) is 0 Å². The number of hydrogen-bond donors (Lipinski definition) is 2. The first-order chi connectivity index (χ1) is 9.78. The summed E-state index contributed by atoms with van der Waals surface area (Å²) in [4.78, 5) is 8.63. The van der Waals surface area contributed by atoms with E-state index in [0.717, 1.165) is 30.5 Å². The largest absolute Gasteiger partial charge is 0.356 e. The summed E-state index contributed by atoms with van der Waals surface area (Å²) in [5.41, 5.74) is 1.11. The van der Waals surface area contributed by atoms with Gasteiger partial charge in [0.1, 0.15) is 0 Å². The molecular formula is C16H26N4. The molecule has 1 aromatic heterocycles. The lowest BCUT2D eigenvalue weighted by Gasteiger charge is -2.28. The molecule has 0 amide bonds. The Hall–Kier alpha value is -1.58. The monoisotopic (exact) mass is 274 g/mol. The summed E-state index contributed by atoms with van der Waals surface area (Å²) in [6.45, 7) is 3.20. The molecule has 1 fully saturated rings. The zero-order valence-corrected chi connectivity index (χ0v) is 12.6. The topological polar surface area (TPSA) is 49.3 Å². The predicted octanol–water partition coefficient (Wildman–Crippen LogP) is 2.37. The van der Waals surface area contributed by atoms with Gasteiger partial charge in [-0.2, -0.15) is 0 Å². The fourth-order valence-corrected chi connectivity index (χ4v) is 2.65. The van der Waals surface area contributed by atoms with Crippen molar-refractivity contribution in [2.45, 2.75) is 45.1 Å². The second-order valence-corrected chi connectivity index (χ2v) is 5.67. The zero-order valence-electron chi connectivity index (χ0n) is 12.6. The van der Waals surface area contributed by atoms with Gasteiger partial charge in [0.2, 0.25) is 0 Å². The van der Waals surface area contributed by atoms with Crippen molar-refractivity contribution >= 4 is 5.96 Å². The highest BCUT2D eigenvalue weighted by atomic mass is 15.2. The van der Waals surface area contributed by atoms with E-state index in [0.29, 0.717) is 6.04 Å². The Kier molecular flexibility index (Phi) is 5.84. The van der Waals surface area contributed by atoms with Crippen LogP contribution in [0.4, 0.5) is 0 Å². The van der Waals surface area contributed by atoms with E-state index >= 15 is 0 Å². The molecule has 4 heteroatoms. The van der Waals surface area contributed by atoms with Gasteiger partial charge in [0, 0.05) is 37.9 Å². The van der Waals surface area contributed by atoms with E-state index in [2.05, 4.69) is 33.6 Å². The first kappa shape index (κ1) is 14.8. The van der Waals surface area contributed by atoms with Gasteiger partial charge < -0.3 is 10.6 Å². The Bertz CT molecular complexity index is 408. The number of hydrogen-bond acceptors (Lipinski definition) is 2. The van der Waals surface area contributed by atoms with E-state index in [1.165, 1.54) is 25.7 Å². The summed E-state index contributed by atoms with van der Waals surface area (Å²) in [5.74, 6) is 1.80. The Labute approximate surface area is 122 Å². The lowest BCUT2D eigenvalue weighted by Crippen LogP contribution is -2.45. The van der Waals surface area contributed by atoms with Crippen LogP contribution in [0.25, 0.3) is 0 Å². The van der Waals surface area contributed by atoms with Crippen LogP contribution in [-0.4, -0.2) is 30.6 Å². The van der Waals surface area contributed by atoms with E-state index in [-0.39, 0.29) is 0 Å². The van der Waals surface area contributed by atoms with Crippen LogP contribution in [0.15, 0.2) is 29.4 Å². The third-order valence-electron chi connectivity index (χ3n) is 3.98. The first-order valence-corrected chi connectivity index (χ1v) is 7.65. The minimum atomic E-state index is 0.576. The fraction of sp³-hybridized carbons (Fsp3) is 0.625. The summed E-state index contributed by atoms with van der Waals surface area (Å²) in [5, 5.41) is 6.91. The summed E-state index contributed by atoms with van der Waals surface area (Å²) in [7, 11) is 1.83. The molecule has 0 radical (unpaired) electrons. The van der Waals surface area contributed by atoms with Crippen LogP contribution in [0.5, 0.6) is 0 Å². The quantitative estimate of drug-likeness (QED) is 0.654. The van der Waals surface area contributed by atoms with Gasteiger partial charge in [0.05, 0.1) is 0 Å². The van der Waals surface area contributed by atoms with Crippen LogP contribution in [0.3, 0.4) is 0 Å². The molecule has 0 aliphatic heterocycles. The van der Waals surface area contributed by atoms with Gasteiger partial charge in [-0.05, 0) is 43.7 Å². The van der Waals surface area contributed by atoms with Gasteiger partial charge in [0.25, 0.3) is 0 Å². The third-order valence-corrected chi connectivity index (χ3v) is 3.98. The maximum absolute atomic E-state index is 4.33. The van der Waals surface area contributed by atoms with Crippen molar-refractivity contribution in [2.24, 2.45) is 10.9 Å². The molecule has 2 N–H and O–H groups in total. The molecule has 0 spiro atoms. The van der Waals surface area contributed by atoms with E-state index in [1.54, 1.807) is 0 Å². The van der Waals surface area contributed by atoms with Gasteiger partial charge in [-0.1, -0.05) is 13.0 Å². The van der Waals surface area contributed by atoms with E-state index in [9.17, 15) is 0 Å². The molecule has 0 bridgehead atoms. The highest BCUT2D eigenvalue weighted by molar-refractivity contribution is 5.79. The molecule has 4 nitrogen and oxygen atoms in total.